The van der Waals surface area contributed by atoms with E-state index in [0.717, 1.165) is 16.9 Å². The van der Waals surface area contributed by atoms with Gasteiger partial charge in [0, 0.05) is 19.8 Å². The van der Waals surface area contributed by atoms with Gasteiger partial charge in [-0.2, -0.15) is 5.10 Å². The predicted molar refractivity (Wildman–Crippen MR) is 134 cm³/mol. The summed E-state index contributed by atoms with van der Waals surface area (Å²) < 4.78 is 3.00. The Bertz CT molecular complexity index is 1400. The maximum absolute atomic E-state index is 13.6. The molecule has 176 valence electrons. The van der Waals surface area contributed by atoms with E-state index >= 15 is 0 Å². The molecule has 0 spiro atoms. The van der Waals surface area contributed by atoms with Crippen LogP contribution >= 0.6 is 11.3 Å². The van der Waals surface area contributed by atoms with Crippen LogP contribution in [0.25, 0.3) is 10.6 Å². The van der Waals surface area contributed by atoms with Crippen LogP contribution in [0.2, 0.25) is 0 Å². The highest BCUT2D eigenvalue weighted by molar-refractivity contribution is 7.13. The second-order valence-electron chi connectivity index (χ2n) is 7.91. The second-order valence-corrected chi connectivity index (χ2v) is 8.86. The molecule has 3 heterocycles. The molecule has 1 aromatic carbocycles. The molecule has 0 radical (unpaired) electrons. The van der Waals surface area contributed by atoms with E-state index in [0.29, 0.717) is 30.8 Å². The number of aromatic nitrogens is 4. The van der Waals surface area contributed by atoms with Gasteiger partial charge in [-0.15, -0.1) is 11.3 Å². The average molecular weight is 479 g/mol. The predicted octanol–water partition coefficient (Wildman–Crippen LogP) is 3.17. The summed E-state index contributed by atoms with van der Waals surface area (Å²) in [5.74, 6) is -0.479. The molecule has 0 aliphatic heterocycles. The molecule has 1 amide bonds. The van der Waals surface area contributed by atoms with Crippen molar-refractivity contribution >= 4 is 28.7 Å². The van der Waals surface area contributed by atoms with Crippen molar-refractivity contribution in [1.82, 2.24) is 19.3 Å². The number of hydrogen-bond acceptors (Lipinski definition) is 6. The third-order valence-corrected chi connectivity index (χ3v) is 6.40. The van der Waals surface area contributed by atoms with Crippen molar-refractivity contribution in [3.8, 4) is 10.6 Å². The summed E-state index contributed by atoms with van der Waals surface area (Å²) in [6, 6.07) is 13.6. The topological polar surface area (TPSA) is 119 Å². The van der Waals surface area contributed by atoms with Gasteiger partial charge in [0.1, 0.15) is 11.5 Å². The van der Waals surface area contributed by atoms with Crippen molar-refractivity contribution < 1.29 is 4.79 Å². The number of hydrogen-bond donors (Lipinski definition) is 2. The zero-order valence-corrected chi connectivity index (χ0v) is 19.8. The Morgan fingerprint density at radius 2 is 1.94 bits per heavy atom. The number of nitrogen functional groups attached to an aromatic ring is 1. The van der Waals surface area contributed by atoms with Crippen LogP contribution in [-0.2, 0) is 13.1 Å². The lowest BCUT2D eigenvalue weighted by molar-refractivity contribution is 0.0993. The molecule has 0 saturated heterocycles. The molecule has 3 aromatic heterocycles. The molecule has 0 bridgehead atoms. The van der Waals surface area contributed by atoms with Crippen molar-refractivity contribution in [2.24, 2.45) is 0 Å². The van der Waals surface area contributed by atoms with E-state index in [9.17, 15) is 14.4 Å². The Kier molecular flexibility index (Phi) is 6.78. The van der Waals surface area contributed by atoms with Crippen LogP contribution in [-0.4, -0.2) is 32.3 Å². The minimum absolute atomic E-state index is 0.0348. The molecule has 9 nitrogen and oxygen atoms in total. The Hall–Kier alpha value is -3.92. The van der Waals surface area contributed by atoms with E-state index in [1.807, 2.05) is 54.8 Å². The van der Waals surface area contributed by atoms with E-state index in [1.54, 1.807) is 10.9 Å². The summed E-state index contributed by atoms with van der Waals surface area (Å²) >= 11 is 1.47. The maximum Gasteiger partial charge on any atom is 0.330 e. The van der Waals surface area contributed by atoms with Gasteiger partial charge in [-0.1, -0.05) is 49.7 Å². The molecular weight excluding hydrogens is 452 g/mol. The number of thiophene rings is 1. The van der Waals surface area contributed by atoms with Crippen molar-refractivity contribution in [2.45, 2.75) is 32.9 Å². The number of carbonyl (C=O) groups excluding carboxylic acids is 1. The smallest absolute Gasteiger partial charge is 0.330 e. The van der Waals surface area contributed by atoms with Crippen molar-refractivity contribution in [3.05, 3.63) is 86.0 Å². The van der Waals surface area contributed by atoms with E-state index in [2.05, 4.69) is 10.1 Å². The summed E-state index contributed by atoms with van der Waals surface area (Å²) in [5, 5.41) is 6.58. The van der Waals surface area contributed by atoms with Crippen LogP contribution in [0.1, 0.15) is 35.7 Å². The lowest BCUT2D eigenvalue weighted by atomic mass is 10.2. The van der Waals surface area contributed by atoms with E-state index in [-0.39, 0.29) is 11.5 Å². The molecule has 3 N–H and O–H groups in total. The first-order valence-corrected chi connectivity index (χ1v) is 11.8. The van der Waals surface area contributed by atoms with Gasteiger partial charge >= 0.3 is 5.69 Å². The normalized spacial score (nSPS) is 11.0. The van der Waals surface area contributed by atoms with Gasteiger partial charge in [-0.3, -0.25) is 23.8 Å². The highest BCUT2D eigenvalue weighted by Gasteiger charge is 2.26. The van der Waals surface area contributed by atoms with Crippen LogP contribution in [0.5, 0.6) is 0 Å². The number of carbonyl (C=O) groups is 1. The largest absolute Gasteiger partial charge is 0.383 e. The van der Waals surface area contributed by atoms with Gasteiger partial charge in [-0.25, -0.2) is 4.79 Å². The second kappa shape index (κ2) is 9.92. The Morgan fingerprint density at radius 1 is 1.18 bits per heavy atom. The fourth-order valence-electron chi connectivity index (χ4n) is 3.75. The van der Waals surface area contributed by atoms with Gasteiger partial charge < -0.3 is 10.6 Å². The minimum atomic E-state index is -0.708. The lowest BCUT2D eigenvalue weighted by Gasteiger charge is -2.20. The Balaban J connectivity index is 1.75. The van der Waals surface area contributed by atoms with Crippen LogP contribution in [0, 0.1) is 0 Å². The number of nitrogens with one attached hydrogen (secondary N) is 1. The maximum atomic E-state index is 13.6. The quantitative estimate of drug-likeness (QED) is 0.403. The summed E-state index contributed by atoms with van der Waals surface area (Å²) in [5.41, 5.74) is 6.76. The van der Waals surface area contributed by atoms with Crippen LogP contribution in [0.4, 0.5) is 11.5 Å². The summed E-state index contributed by atoms with van der Waals surface area (Å²) in [7, 11) is 1.48. The van der Waals surface area contributed by atoms with Crippen molar-refractivity contribution in [2.75, 3.05) is 17.7 Å². The molecule has 34 heavy (non-hydrogen) atoms. The number of benzene rings is 1. The molecule has 0 aliphatic carbocycles. The third-order valence-electron chi connectivity index (χ3n) is 5.52. The number of aromatic amines is 1. The van der Waals surface area contributed by atoms with E-state index in [1.165, 1.54) is 27.9 Å². The first-order valence-electron chi connectivity index (χ1n) is 11.0. The number of anilines is 2. The van der Waals surface area contributed by atoms with E-state index in [4.69, 9.17) is 5.73 Å². The first-order chi connectivity index (χ1) is 16.4. The highest BCUT2D eigenvalue weighted by atomic mass is 32.1. The van der Waals surface area contributed by atoms with Gasteiger partial charge in [0.15, 0.2) is 5.69 Å². The number of nitrogens with two attached hydrogens (primary N) is 1. The number of rotatable bonds is 8. The number of H-pyrrole nitrogens is 1. The fraction of sp³-hybridized carbons (Fsp3) is 0.250. The molecule has 0 aliphatic rings. The molecule has 0 saturated carbocycles. The van der Waals surface area contributed by atoms with Crippen LogP contribution in [0.15, 0.2) is 63.6 Å². The number of amides is 1. The average Bonchev–Trinajstić information content (AvgIpc) is 3.49. The third kappa shape index (κ3) is 4.58. The van der Waals surface area contributed by atoms with Gasteiger partial charge in [0.25, 0.3) is 11.5 Å². The molecule has 4 rings (SSSR count). The summed E-state index contributed by atoms with van der Waals surface area (Å²) in [4.78, 5) is 42.9. The Morgan fingerprint density at radius 3 is 2.62 bits per heavy atom. The zero-order chi connectivity index (χ0) is 24.2. The van der Waals surface area contributed by atoms with Gasteiger partial charge in [0.2, 0.25) is 0 Å². The molecule has 10 heteroatoms. The summed E-state index contributed by atoms with van der Waals surface area (Å²) in [6.45, 7) is 2.83. The van der Waals surface area contributed by atoms with E-state index < -0.39 is 17.2 Å². The van der Waals surface area contributed by atoms with Crippen molar-refractivity contribution in [3.63, 3.8) is 0 Å². The molecule has 0 fully saturated rings. The van der Waals surface area contributed by atoms with Crippen LogP contribution < -0.4 is 21.9 Å². The number of nitrogens with zero attached hydrogens (tertiary/aromatic N) is 4. The molecule has 0 unspecified atom stereocenters. The standard InChI is InChI=1S/C24H26N6O3S/c1-3-4-12-30-21(25)20(22(31)26-24(30)33)28(2)23(32)17-15-29(14-16-9-6-5-7-10-16)27-19(17)18-11-8-13-34-18/h5-11,13,15H,3-4,12,14,25H2,1-2H3,(H,26,31,33). The van der Waals surface area contributed by atoms with Crippen molar-refractivity contribution in [1.29, 1.82) is 0 Å². The van der Waals surface area contributed by atoms with Gasteiger partial charge in [-0.05, 0) is 23.4 Å². The molecule has 4 aromatic rings. The zero-order valence-electron chi connectivity index (χ0n) is 19.0. The first kappa shape index (κ1) is 23.2. The monoisotopic (exact) mass is 478 g/mol. The molecule has 0 atom stereocenters. The molecular formula is C24H26N6O3S. The van der Waals surface area contributed by atoms with Crippen LogP contribution in [0.3, 0.4) is 0 Å². The Labute approximate surface area is 200 Å². The highest BCUT2D eigenvalue weighted by Crippen LogP contribution is 2.29. The lowest BCUT2D eigenvalue weighted by Crippen LogP contribution is -2.39. The fourth-order valence-corrected chi connectivity index (χ4v) is 4.47. The van der Waals surface area contributed by atoms with Gasteiger partial charge in [0.05, 0.1) is 17.0 Å². The summed E-state index contributed by atoms with van der Waals surface area (Å²) in [6.07, 6.45) is 3.24. The SMILES string of the molecule is CCCCn1c(N)c(N(C)C(=O)c2cn(Cc3ccccc3)nc2-c2cccs2)c(=O)[nH]c1=O. The minimum Gasteiger partial charge on any atom is -0.383 e. The number of unbranched alkanes of at least 4 members (excludes halogenated alkanes) is 1.